The van der Waals surface area contributed by atoms with Crippen LogP contribution in [-0.4, -0.2) is 16.5 Å². The quantitative estimate of drug-likeness (QED) is 0.665. The molecule has 1 atom stereocenters. The number of ketones is 1. The van der Waals surface area contributed by atoms with Gasteiger partial charge in [-0.3, -0.25) is 4.79 Å². The van der Waals surface area contributed by atoms with E-state index in [4.69, 9.17) is 0 Å². The van der Waals surface area contributed by atoms with Crippen LogP contribution in [0.25, 0.3) is 0 Å². The maximum absolute atomic E-state index is 11.7. The molecule has 1 N–H and O–H groups in total. The van der Waals surface area contributed by atoms with Crippen molar-refractivity contribution < 1.29 is 9.90 Å². The van der Waals surface area contributed by atoms with Crippen molar-refractivity contribution >= 4 is 21.7 Å². The molecule has 0 radical (unpaired) electrons. The van der Waals surface area contributed by atoms with Gasteiger partial charge in [0.25, 0.3) is 0 Å². The molecule has 0 spiro atoms. The van der Waals surface area contributed by atoms with E-state index >= 15 is 0 Å². The Kier molecular flexibility index (Phi) is 3.24. The van der Waals surface area contributed by atoms with Gasteiger partial charge in [-0.1, -0.05) is 40.7 Å². The molecule has 0 saturated carbocycles. The fraction of sp³-hybridized carbons (Fsp3) is 0.182. The van der Waals surface area contributed by atoms with Gasteiger partial charge in [0.1, 0.15) is 5.60 Å². The third-order valence-corrected chi connectivity index (χ3v) is 2.49. The van der Waals surface area contributed by atoms with E-state index in [1.807, 2.05) is 0 Å². The SMILES string of the molecule is C=CC(C)(O)C(=O)c1ccc(Br)cc1. The van der Waals surface area contributed by atoms with Gasteiger partial charge in [0, 0.05) is 10.0 Å². The highest BCUT2D eigenvalue weighted by atomic mass is 79.9. The lowest BCUT2D eigenvalue weighted by molar-refractivity contribution is 0.0593. The first-order chi connectivity index (χ1) is 6.47. The molecule has 1 aromatic carbocycles. The number of carbonyl (C=O) groups excluding carboxylic acids is 1. The zero-order valence-electron chi connectivity index (χ0n) is 7.83. The summed E-state index contributed by atoms with van der Waals surface area (Å²) in [6.45, 7) is 4.84. The Labute approximate surface area is 91.4 Å². The molecule has 2 nitrogen and oxygen atoms in total. The molecule has 1 unspecified atom stereocenters. The van der Waals surface area contributed by atoms with Gasteiger partial charge in [-0.25, -0.2) is 0 Å². The maximum atomic E-state index is 11.7. The zero-order valence-corrected chi connectivity index (χ0v) is 9.41. The van der Waals surface area contributed by atoms with Crippen LogP contribution in [0.4, 0.5) is 0 Å². The Morgan fingerprint density at radius 3 is 2.43 bits per heavy atom. The van der Waals surface area contributed by atoms with Crippen molar-refractivity contribution in [2.24, 2.45) is 0 Å². The van der Waals surface area contributed by atoms with Gasteiger partial charge in [-0.05, 0) is 19.1 Å². The molecular weight excluding hydrogens is 244 g/mol. The molecule has 14 heavy (non-hydrogen) atoms. The lowest BCUT2D eigenvalue weighted by atomic mass is 9.95. The average molecular weight is 255 g/mol. The van der Waals surface area contributed by atoms with Crippen LogP contribution < -0.4 is 0 Å². The summed E-state index contributed by atoms with van der Waals surface area (Å²) in [6.07, 6.45) is 1.23. The van der Waals surface area contributed by atoms with Crippen LogP contribution in [0.5, 0.6) is 0 Å². The van der Waals surface area contributed by atoms with Crippen molar-refractivity contribution in [2.45, 2.75) is 12.5 Å². The number of Topliss-reactive ketones (excluding diaryl/α,β-unsaturated/α-hetero) is 1. The predicted octanol–water partition coefficient (Wildman–Crippen LogP) is 2.57. The van der Waals surface area contributed by atoms with Crippen LogP contribution >= 0.6 is 15.9 Å². The molecule has 0 aliphatic carbocycles. The fourth-order valence-electron chi connectivity index (χ4n) is 0.986. The minimum absolute atomic E-state index is 0.347. The van der Waals surface area contributed by atoms with Gasteiger partial charge in [0.2, 0.25) is 0 Å². The summed E-state index contributed by atoms with van der Waals surface area (Å²) in [6, 6.07) is 6.83. The summed E-state index contributed by atoms with van der Waals surface area (Å²) in [7, 11) is 0. The van der Waals surface area contributed by atoms with Gasteiger partial charge in [0.15, 0.2) is 5.78 Å². The average Bonchev–Trinajstić information content (AvgIpc) is 2.18. The Hall–Kier alpha value is -0.930. The molecule has 0 heterocycles. The van der Waals surface area contributed by atoms with Crippen LogP contribution in [0.3, 0.4) is 0 Å². The molecular formula is C11H11BrO2. The molecule has 0 fully saturated rings. The Balaban J connectivity index is 3.01. The maximum Gasteiger partial charge on any atom is 0.197 e. The first kappa shape index (κ1) is 11.1. The highest BCUT2D eigenvalue weighted by Crippen LogP contribution is 2.16. The summed E-state index contributed by atoms with van der Waals surface area (Å²) in [5.41, 5.74) is -1.02. The number of hydrogen-bond acceptors (Lipinski definition) is 2. The first-order valence-electron chi connectivity index (χ1n) is 4.14. The molecule has 0 amide bonds. The molecule has 0 aliphatic rings. The van der Waals surface area contributed by atoms with E-state index in [1.165, 1.54) is 13.0 Å². The molecule has 1 rings (SSSR count). The van der Waals surface area contributed by atoms with Gasteiger partial charge < -0.3 is 5.11 Å². The normalized spacial score (nSPS) is 14.5. The Morgan fingerprint density at radius 1 is 1.50 bits per heavy atom. The van der Waals surface area contributed by atoms with Gasteiger partial charge in [-0.2, -0.15) is 0 Å². The number of rotatable bonds is 3. The lowest BCUT2D eigenvalue weighted by Crippen LogP contribution is -2.32. The topological polar surface area (TPSA) is 37.3 Å². The van der Waals surface area contributed by atoms with Crippen LogP contribution in [0.15, 0.2) is 41.4 Å². The third-order valence-electron chi connectivity index (χ3n) is 1.96. The second kappa shape index (κ2) is 4.07. The smallest absolute Gasteiger partial charge is 0.197 e. The van der Waals surface area contributed by atoms with Gasteiger partial charge in [0.05, 0.1) is 0 Å². The highest BCUT2D eigenvalue weighted by Gasteiger charge is 2.27. The zero-order chi connectivity index (χ0) is 10.8. The van der Waals surface area contributed by atoms with Crippen LogP contribution in [0, 0.1) is 0 Å². The number of carbonyl (C=O) groups is 1. The first-order valence-corrected chi connectivity index (χ1v) is 4.93. The van der Waals surface area contributed by atoms with Crippen molar-refractivity contribution in [2.75, 3.05) is 0 Å². The van der Waals surface area contributed by atoms with E-state index in [0.29, 0.717) is 5.56 Å². The van der Waals surface area contributed by atoms with Gasteiger partial charge in [-0.15, -0.1) is 0 Å². The van der Waals surface area contributed by atoms with E-state index < -0.39 is 5.60 Å². The van der Waals surface area contributed by atoms with Crippen molar-refractivity contribution in [3.63, 3.8) is 0 Å². The van der Waals surface area contributed by atoms with E-state index in [1.54, 1.807) is 24.3 Å². The Bertz CT molecular complexity index is 352. The number of benzene rings is 1. The number of halogens is 1. The van der Waals surface area contributed by atoms with Crippen LogP contribution in [0.1, 0.15) is 17.3 Å². The number of hydrogen-bond donors (Lipinski definition) is 1. The summed E-state index contributed by atoms with van der Waals surface area (Å²) < 4.78 is 0.896. The van der Waals surface area contributed by atoms with Crippen molar-refractivity contribution in [1.29, 1.82) is 0 Å². The second-order valence-corrected chi connectivity index (χ2v) is 4.10. The van der Waals surface area contributed by atoms with Gasteiger partial charge >= 0.3 is 0 Å². The molecule has 74 valence electrons. The highest BCUT2D eigenvalue weighted by molar-refractivity contribution is 9.10. The third kappa shape index (κ3) is 2.30. The molecule has 0 saturated heterocycles. The lowest BCUT2D eigenvalue weighted by Gasteiger charge is -2.16. The molecule has 1 aromatic rings. The molecule has 3 heteroatoms. The predicted molar refractivity (Wildman–Crippen MR) is 59.3 cm³/mol. The van der Waals surface area contributed by atoms with Crippen LogP contribution in [-0.2, 0) is 0 Å². The Morgan fingerprint density at radius 2 is 2.00 bits per heavy atom. The van der Waals surface area contributed by atoms with Crippen molar-refractivity contribution in [3.8, 4) is 0 Å². The second-order valence-electron chi connectivity index (χ2n) is 3.19. The van der Waals surface area contributed by atoms with E-state index in [2.05, 4.69) is 22.5 Å². The summed E-state index contributed by atoms with van der Waals surface area (Å²) in [5.74, 6) is -0.347. The molecule has 0 aromatic heterocycles. The van der Waals surface area contributed by atoms with Crippen molar-refractivity contribution in [3.05, 3.63) is 47.0 Å². The van der Waals surface area contributed by atoms with Crippen LogP contribution in [0.2, 0.25) is 0 Å². The summed E-state index contributed by atoms with van der Waals surface area (Å²) >= 11 is 3.27. The molecule has 0 bridgehead atoms. The standard InChI is InChI=1S/C11H11BrO2/c1-3-11(2,14)10(13)8-4-6-9(12)7-5-8/h3-7,14H,1H2,2H3. The molecule has 0 aliphatic heterocycles. The monoisotopic (exact) mass is 254 g/mol. The van der Waals surface area contributed by atoms with E-state index in [-0.39, 0.29) is 5.78 Å². The minimum Gasteiger partial charge on any atom is -0.378 e. The minimum atomic E-state index is -1.49. The summed E-state index contributed by atoms with van der Waals surface area (Å²) in [4.78, 5) is 11.7. The summed E-state index contributed by atoms with van der Waals surface area (Å²) in [5, 5.41) is 9.64. The van der Waals surface area contributed by atoms with Crippen molar-refractivity contribution in [1.82, 2.24) is 0 Å². The fourth-order valence-corrected chi connectivity index (χ4v) is 1.25. The largest absolute Gasteiger partial charge is 0.378 e. The van der Waals surface area contributed by atoms with E-state index in [0.717, 1.165) is 4.47 Å². The van der Waals surface area contributed by atoms with E-state index in [9.17, 15) is 9.90 Å². The number of aliphatic hydroxyl groups is 1.